The van der Waals surface area contributed by atoms with Gasteiger partial charge in [0.15, 0.2) is 5.75 Å². The van der Waals surface area contributed by atoms with Gasteiger partial charge in [-0.15, -0.1) is 0 Å². The normalized spacial score (nSPS) is 10.9. The van der Waals surface area contributed by atoms with Crippen molar-refractivity contribution in [3.63, 3.8) is 0 Å². The second-order valence-electron chi connectivity index (χ2n) is 2.79. The number of hydrogen-bond acceptors (Lipinski definition) is 5. The van der Waals surface area contributed by atoms with Gasteiger partial charge in [0.2, 0.25) is 10.0 Å². The molecule has 0 bridgehead atoms. The van der Waals surface area contributed by atoms with Crippen molar-refractivity contribution in [1.29, 1.82) is 0 Å². The topological polar surface area (TPSA) is 85.4 Å². The van der Waals surface area contributed by atoms with Gasteiger partial charge in [0.1, 0.15) is 0 Å². The number of nitrogens with zero attached hydrogens (tertiary/aromatic N) is 1. The molecule has 1 N–H and O–H groups in total. The number of nitrogens with one attached hydrogen (secondary N) is 1. The first-order chi connectivity index (χ1) is 7.44. The summed E-state index contributed by atoms with van der Waals surface area (Å²) in [5.41, 5.74) is 0.318. The molecule has 0 saturated carbocycles. The van der Waals surface area contributed by atoms with Crippen LogP contribution in [0.4, 0.5) is 5.69 Å². The second-order valence-corrected chi connectivity index (χ2v) is 5.37. The van der Waals surface area contributed by atoms with Gasteiger partial charge >= 0.3 is 5.97 Å². The van der Waals surface area contributed by atoms with E-state index in [1.54, 1.807) is 0 Å². The summed E-state index contributed by atoms with van der Waals surface area (Å²) in [7, 11) is -2.63. The Balaban J connectivity index is 2.81. The number of rotatable bonds is 4. The van der Waals surface area contributed by atoms with Crippen molar-refractivity contribution in [3.8, 4) is 0 Å². The molecule has 0 amide bonds. The fourth-order valence-corrected chi connectivity index (χ4v) is 2.37. The Morgan fingerprint density at radius 3 is 2.88 bits per heavy atom. The number of esters is 1. The molecule has 0 saturated heterocycles. The number of hydrogen-bond donors (Lipinski definition) is 1. The fourth-order valence-electron chi connectivity index (χ4n) is 0.876. The molecule has 1 heterocycles. The number of anilines is 1. The average Bonchev–Trinajstić information content (AvgIpc) is 2.20. The number of pyridine rings is 1. The Morgan fingerprint density at radius 2 is 2.31 bits per heavy atom. The molecule has 1 aromatic heterocycles. The third kappa shape index (κ3) is 3.78. The summed E-state index contributed by atoms with van der Waals surface area (Å²) < 4.78 is 29.9. The van der Waals surface area contributed by atoms with Crippen LogP contribution in [0, 0.1) is 0 Å². The zero-order valence-electron chi connectivity index (χ0n) is 8.31. The summed E-state index contributed by atoms with van der Waals surface area (Å²) in [6.07, 6.45) is 2.87. The van der Waals surface area contributed by atoms with Crippen LogP contribution in [0.2, 0.25) is 0 Å². The minimum absolute atomic E-state index is 0.318. The summed E-state index contributed by atoms with van der Waals surface area (Å²) in [6, 6.07) is 1.47. The van der Waals surface area contributed by atoms with E-state index in [1.807, 2.05) is 0 Å². The number of carbonyl (C=O) groups is 1. The van der Waals surface area contributed by atoms with Gasteiger partial charge in [-0.25, -0.2) is 8.42 Å². The third-order valence-electron chi connectivity index (χ3n) is 1.57. The van der Waals surface area contributed by atoms with Crippen LogP contribution < -0.4 is 4.72 Å². The molecule has 1 aromatic rings. The molecular weight excluding hydrogens is 300 g/mol. The van der Waals surface area contributed by atoms with Crippen molar-refractivity contribution >= 4 is 37.6 Å². The van der Waals surface area contributed by atoms with Gasteiger partial charge in [-0.05, 0) is 22.0 Å². The highest BCUT2D eigenvalue weighted by Crippen LogP contribution is 2.21. The number of aromatic nitrogens is 1. The van der Waals surface area contributed by atoms with Gasteiger partial charge in [0.25, 0.3) is 0 Å². The third-order valence-corrected chi connectivity index (χ3v) is 3.35. The van der Waals surface area contributed by atoms with E-state index < -0.39 is 21.7 Å². The molecule has 0 fully saturated rings. The van der Waals surface area contributed by atoms with Crippen molar-refractivity contribution in [3.05, 3.63) is 22.9 Å². The lowest BCUT2D eigenvalue weighted by atomic mass is 10.4. The van der Waals surface area contributed by atoms with E-state index in [2.05, 4.69) is 30.4 Å². The van der Waals surface area contributed by atoms with E-state index in [1.165, 1.54) is 18.5 Å². The quantitative estimate of drug-likeness (QED) is 0.830. The van der Waals surface area contributed by atoms with Crippen molar-refractivity contribution in [2.75, 3.05) is 17.6 Å². The largest absolute Gasteiger partial charge is 0.468 e. The Labute approximate surface area is 101 Å². The molecule has 16 heavy (non-hydrogen) atoms. The van der Waals surface area contributed by atoms with Crippen molar-refractivity contribution in [2.24, 2.45) is 0 Å². The standard InChI is InChI=1S/C8H9BrN2O4S/c1-15-8(12)5-16(13,14)11-7-2-3-10-4-6(7)9/h2-4H,5H2,1H3,(H,10,11). The van der Waals surface area contributed by atoms with Crippen molar-refractivity contribution in [2.45, 2.75) is 0 Å². The van der Waals surface area contributed by atoms with Gasteiger partial charge in [-0.3, -0.25) is 14.5 Å². The molecule has 8 heteroatoms. The summed E-state index contributed by atoms with van der Waals surface area (Å²) >= 11 is 3.13. The van der Waals surface area contributed by atoms with E-state index in [4.69, 9.17) is 0 Å². The lowest BCUT2D eigenvalue weighted by Gasteiger charge is -2.07. The molecule has 0 aliphatic carbocycles. The lowest BCUT2D eigenvalue weighted by molar-refractivity contribution is -0.137. The van der Waals surface area contributed by atoms with Crippen LogP contribution in [0.3, 0.4) is 0 Å². The molecule has 0 spiro atoms. The summed E-state index contributed by atoms with van der Waals surface area (Å²) in [4.78, 5) is 14.6. The Hall–Kier alpha value is -1.15. The summed E-state index contributed by atoms with van der Waals surface area (Å²) in [6.45, 7) is 0. The Morgan fingerprint density at radius 1 is 1.62 bits per heavy atom. The first kappa shape index (κ1) is 12.9. The zero-order chi connectivity index (χ0) is 12.2. The van der Waals surface area contributed by atoms with Crippen LogP contribution in [0.5, 0.6) is 0 Å². The first-order valence-corrected chi connectivity index (χ1v) is 6.56. The molecule has 0 aromatic carbocycles. The maximum Gasteiger partial charge on any atom is 0.322 e. The highest BCUT2D eigenvalue weighted by atomic mass is 79.9. The highest BCUT2D eigenvalue weighted by molar-refractivity contribution is 9.10. The number of carbonyl (C=O) groups excluding carboxylic acids is 1. The van der Waals surface area contributed by atoms with E-state index >= 15 is 0 Å². The Kier molecular flexibility index (Phi) is 4.25. The van der Waals surface area contributed by atoms with Gasteiger partial charge in [0.05, 0.1) is 17.3 Å². The summed E-state index contributed by atoms with van der Waals surface area (Å²) in [5, 5.41) is 0. The van der Waals surface area contributed by atoms with Crippen molar-refractivity contribution in [1.82, 2.24) is 4.98 Å². The predicted octanol–water partition coefficient (Wildman–Crippen LogP) is 0.759. The lowest BCUT2D eigenvalue weighted by Crippen LogP contribution is -2.23. The minimum atomic E-state index is -3.75. The highest BCUT2D eigenvalue weighted by Gasteiger charge is 2.17. The molecule has 88 valence electrons. The molecule has 0 aliphatic rings. The molecular formula is C8H9BrN2O4S. The average molecular weight is 309 g/mol. The van der Waals surface area contributed by atoms with Crippen LogP contribution >= 0.6 is 15.9 Å². The maximum atomic E-state index is 11.5. The summed E-state index contributed by atoms with van der Waals surface area (Å²) in [5.74, 6) is -1.55. The predicted molar refractivity (Wildman–Crippen MR) is 61.4 cm³/mol. The van der Waals surface area contributed by atoms with Crippen LogP contribution in [-0.4, -0.2) is 32.2 Å². The van der Waals surface area contributed by atoms with Crippen molar-refractivity contribution < 1.29 is 17.9 Å². The maximum absolute atomic E-state index is 11.5. The fraction of sp³-hybridized carbons (Fsp3) is 0.250. The smallest absolute Gasteiger partial charge is 0.322 e. The molecule has 0 unspecified atom stereocenters. The molecule has 0 aliphatic heterocycles. The molecule has 6 nitrogen and oxygen atoms in total. The number of halogens is 1. The van der Waals surface area contributed by atoms with E-state index in [0.717, 1.165) is 7.11 Å². The van der Waals surface area contributed by atoms with Gasteiger partial charge in [-0.1, -0.05) is 0 Å². The first-order valence-electron chi connectivity index (χ1n) is 4.11. The van der Waals surface area contributed by atoms with Crippen LogP contribution in [0.25, 0.3) is 0 Å². The molecule has 1 rings (SSSR count). The van der Waals surface area contributed by atoms with E-state index in [9.17, 15) is 13.2 Å². The van der Waals surface area contributed by atoms with Crippen LogP contribution in [0.1, 0.15) is 0 Å². The molecule has 0 radical (unpaired) electrons. The second kappa shape index (κ2) is 5.26. The van der Waals surface area contributed by atoms with Gasteiger partial charge in [0, 0.05) is 12.4 Å². The minimum Gasteiger partial charge on any atom is -0.468 e. The van der Waals surface area contributed by atoms with Gasteiger partial charge < -0.3 is 4.74 Å². The number of sulfonamides is 1. The van der Waals surface area contributed by atoms with Gasteiger partial charge in [-0.2, -0.15) is 0 Å². The monoisotopic (exact) mass is 308 g/mol. The van der Waals surface area contributed by atoms with Crippen LogP contribution in [-0.2, 0) is 19.6 Å². The Bertz CT molecular complexity index is 489. The van der Waals surface area contributed by atoms with E-state index in [0.29, 0.717) is 10.2 Å². The number of ether oxygens (including phenoxy) is 1. The number of methoxy groups -OCH3 is 1. The zero-order valence-corrected chi connectivity index (χ0v) is 10.7. The SMILES string of the molecule is COC(=O)CS(=O)(=O)Nc1ccncc1Br. The molecule has 0 atom stereocenters. The van der Waals surface area contributed by atoms with E-state index in [-0.39, 0.29) is 0 Å². The van der Waals surface area contributed by atoms with Crippen LogP contribution in [0.15, 0.2) is 22.9 Å².